The molecule has 0 saturated carbocycles. The summed E-state index contributed by atoms with van der Waals surface area (Å²) in [7, 11) is -3.10. The zero-order chi connectivity index (χ0) is 15.0. The van der Waals surface area contributed by atoms with Gasteiger partial charge in [0.25, 0.3) is 0 Å². The summed E-state index contributed by atoms with van der Waals surface area (Å²) in [6, 6.07) is 0. The van der Waals surface area contributed by atoms with Crippen molar-refractivity contribution in [3.8, 4) is 0 Å². The van der Waals surface area contributed by atoms with E-state index >= 15 is 0 Å². The Morgan fingerprint density at radius 3 is 2.45 bits per heavy atom. The monoisotopic (exact) mass is 322 g/mol. The van der Waals surface area contributed by atoms with Crippen LogP contribution in [0.2, 0.25) is 0 Å². The first kappa shape index (κ1) is 16.5. The summed E-state index contributed by atoms with van der Waals surface area (Å²) in [5.74, 6) is 1.61. The Hall–Kier alpha value is 0.180. The zero-order valence-electron chi connectivity index (χ0n) is 12.5. The van der Waals surface area contributed by atoms with Crippen molar-refractivity contribution in [1.82, 2.24) is 4.90 Å². The first-order valence-corrected chi connectivity index (χ1v) is 10.3. The average molecular weight is 322 g/mol. The summed E-state index contributed by atoms with van der Waals surface area (Å²) in [4.78, 5) is 2.16. The average Bonchev–Trinajstić information content (AvgIpc) is 2.36. The molecule has 7 heteroatoms. The molecule has 0 spiro atoms. The number of nitrogens with two attached hydrogens (primary N) is 1. The molecule has 0 aliphatic carbocycles. The van der Waals surface area contributed by atoms with Gasteiger partial charge in [-0.2, -0.15) is 11.8 Å². The van der Waals surface area contributed by atoms with Crippen molar-refractivity contribution in [3.05, 3.63) is 0 Å². The van der Waals surface area contributed by atoms with Crippen molar-refractivity contribution >= 4 is 21.6 Å². The molecule has 0 radical (unpaired) electrons. The fourth-order valence-electron chi connectivity index (χ4n) is 3.64. The van der Waals surface area contributed by atoms with Gasteiger partial charge in [0.1, 0.15) is 5.37 Å². The lowest BCUT2D eigenvalue weighted by Crippen LogP contribution is -2.65. The molecule has 2 saturated heterocycles. The lowest BCUT2D eigenvalue weighted by Gasteiger charge is -2.53. The number of thioether (sulfide) groups is 1. The second kappa shape index (κ2) is 6.12. The minimum absolute atomic E-state index is 0.122. The van der Waals surface area contributed by atoms with E-state index in [4.69, 9.17) is 10.5 Å². The summed E-state index contributed by atoms with van der Waals surface area (Å²) in [6.07, 6.45) is 3.20. The van der Waals surface area contributed by atoms with Crippen LogP contribution in [0.1, 0.15) is 26.7 Å². The Bertz CT molecular complexity index is 431. The van der Waals surface area contributed by atoms with Crippen molar-refractivity contribution in [2.45, 2.75) is 49.8 Å². The molecule has 3 atom stereocenters. The molecule has 0 amide bonds. The van der Waals surface area contributed by atoms with Gasteiger partial charge in [0.2, 0.25) is 0 Å². The number of rotatable bonds is 3. The van der Waals surface area contributed by atoms with Crippen LogP contribution in [0.4, 0.5) is 0 Å². The zero-order valence-corrected chi connectivity index (χ0v) is 14.2. The fraction of sp³-hybridized carbons (Fsp3) is 1.00. The lowest BCUT2D eigenvalue weighted by molar-refractivity contribution is -0.104. The number of hydrogen-bond donors (Lipinski definition) is 1. The topological polar surface area (TPSA) is 72.6 Å². The van der Waals surface area contributed by atoms with Crippen molar-refractivity contribution < 1.29 is 13.2 Å². The van der Waals surface area contributed by atoms with E-state index in [1.807, 2.05) is 13.8 Å². The second-order valence-corrected chi connectivity index (χ2v) is 9.50. The van der Waals surface area contributed by atoms with E-state index in [1.54, 1.807) is 11.8 Å². The number of hydrogen-bond acceptors (Lipinski definition) is 6. The van der Waals surface area contributed by atoms with Gasteiger partial charge in [-0.1, -0.05) is 0 Å². The summed E-state index contributed by atoms with van der Waals surface area (Å²) in [5.41, 5.74) is 5.86. The molecule has 3 unspecified atom stereocenters. The molecule has 0 bridgehead atoms. The van der Waals surface area contributed by atoms with Gasteiger partial charge in [-0.25, -0.2) is 8.42 Å². The lowest BCUT2D eigenvalue weighted by atomic mass is 9.82. The molecule has 2 heterocycles. The molecule has 0 aromatic heterocycles. The maximum atomic E-state index is 12.1. The summed E-state index contributed by atoms with van der Waals surface area (Å²) in [6.45, 7) is 5.38. The summed E-state index contributed by atoms with van der Waals surface area (Å²) >= 11 is 1.72. The number of sulfone groups is 1. The third-order valence-corrected chi connectivity index (χ3v) is 7.01. The highest BCUT2D eigenvalue weighted by molar-refractivity contribution is 8.00. The Balaban J connectivity index is 2.32. The van der Waals surface area contributed by atoms with Crippen LogP contribution < -0.4 is 5.73 Å². The van der Waals surface area contributed by atoms with E-state index in [-0.39, 0.29) is 17.7 Å². The molecule has 5 nitrogen and oxygen atoms in total. The molecule has 2 rings (SSSR count). The Kier molecular flexibility index (Phi) is 5.07. The predicted octanol–water partition coefficient (Wildman–Crippen LogP) is 0.691. The van der Waals surface area contributed by atoms with Crippen molar-refractivity contribution in [2.75, 3.05) is 30.9 Å². The fourth-order valence-corrected chi connectivity index (χ4v) is 6.59. The quantitative estimate of drug-likeness (QED) is 0.824. The maximum Gasteiger partial charge on any atom is 0.164 e. The Morgan fingerprint density at radius 1 is 1.35 bits per heavy atom. The van der Waals surface area contributed by atoms with Crippen LogP contribution in [-0.2, 0) is 14.6 Å². The van der Waals surface area contributed by atoms with Gasteiger partial charge in [0.15, 0.2) is 9.84 Å². The van der Waals surface area contributed by atoms with Gasteiger partial charge in [0, 0.05) is 36.4 Å². The van der Waals surface area contributed by atoms with E-state index in [1.165, 1.54) is 6.26 Å². The molecule has 20 heavy (non-hydrogen) atoms. The molecule has 2 aliphatic rings. The van der Waals surface area contributed by atoms with Crippen molar-refractivity contribution in [1.29, 1.82) is 0 Å². The first-order chi connectivity index (χ1) is 9.28. The summed E-state index contributed by atoms with van der Waals surface area (Å²) in [5, 5.41) is -0.415. The molecular weight excluding hydrogens is 296 g/mol. The van der Waals surface area contributed by atoms with E-state index in [2.05, 4.69) is 4.90 Å². The van der Waals surface area contributed by atoms with Crippen molar-refractivity contribution in [3.63, 3.8) is 0 Å². The number of ether oxygens (including phenoxy) is 1. The molecule has 2 fully saturated rings. The predicted molar refractivity (Wildman–Crippen MR) is 83.7 cm³/mol. The van der Waals surface area contributed by atoms with E-state index in [0.29, 0.717) is 12.3 Å². The molecule has 2 N–H and O–H groups in total. The molecule has 0 aromatic rings. The molecule has 0 aromatic carbocycles. The highest BCUT2D eigenvalue weighted by Crippen LogP contribution is 2.38. The maximum absolute atomic E-state index is 12.1. The van der Waals surface area contributed by atoms with Crippen LogP contribution >= 0.6 is 11.8 Å². The van der Waals surface area contributed by atoms with Gasteiger partial charge in [-0.3, -0.25) is 4.90 Å². The van der Waals surface area contributed by atoms with Gasteiger partial charge in [0.05, 0.1) is 12.2 Å². The SMILES string of the molecule is CC1CC(CN)(N2CCSCC2S(C)(=O)=O)CC(C)O1. The van der Waals surface area contributed by atoms with Crippen LogP contribution in [0.15, 0.2) is 0 Å². The third kappa shape index (κ3) is 3.32. The van der Waals surface area contributed by atoms with Crippen LogP contribution in [0.25, 0.3) is 0 Å². The van der Waals surface area contributed by atoms with Gasteiger partial charge in [-0.15, -0.1) is 0 Å². The first-order valence-electron chi connectivity index (χ1n) is 7.17. The number of nitrogens with zero attached hydrogens (tertiary/aromatic N) is 1. The van der Waals surface area contributed by atoms with Crippen LogP contribution in [0.3, 0.4) is 0 Å². The molecular formula is C13H26N2O3S2. The van der Waals surface area contributed by atoms with Gasteiger partial charge in [-0.05, 0) is 26.7 Å². The van der Waals surface area contributed by atoms with Crippen molar-refractivity contribution in [2.24, 2.45) is 5.73 Å². The summed E-state index contributed by atoms with van der Waals surface area (Å²) < 4.78 is 30.1. The van der Waals surface area contributed by atoms with E-state index in [0.717, 1.165) is 25.1 Å². The minimum atomic E-state index is -3.10. The van der Waals surface area contributed by atoms with E-state index in [9.17, 15) is 8.42 Å². The van der Waals surface area contributed by atoms with Crippen LogP contribution in [-0.4, -0.2) is 67.3 Å². The van der Waals surface area contributed by atoms with Crippen LogP contribution in [0.5, 0.6) is 0 Å². The largest absolute Gasteiger partial charge is 0.375 e. The normalized spacial score (nSPS) is 40.7. The Labute approximate surface area is 126 Å². The smallest absolute Gasteiger partial charge is 0.164 e. The standard InChI is InChI=1S/C13H26N2O3S2/c1-10-6-13(9-14,7-11(2)18-10)15-4-5-19-8-12(15)20(3,16)17/h10-12H,4-9,14H2,1-3H3. The Morgan fingerprint density at radius 2 is 1.95 bits per heavy atom. The second-order valence-electron chi connectivity index (χ2n) is 6.15. The van der Waals surface area contributed by atoms with Gasteiger partial charge >= 0.3 is 0 Å². The van der Waals surface area contributed by atoms with Gasteiger partial charge < -0.3 is 10.5 Å². The van der Waals surface area contributed by atoms with Crippen LogP contribution in [0, 0.1) is 0 Å². The molecule has 118 valence electrons. The van der Waals surface area contributed by atoms with E-state index < -0.39 is 15.2 Å². The third-order valence-electron chi connectivity index (χ3n) is 4.37. The highest BCUT2D eigenvalue weighted by atomic mass is 32.2. The molecule has 2 aliphatic heterocycles. The minimum Gasteiger partial charge on any atom is -0.375 e. The highest BCUT2D eigenvalue weighted by Gasteiger charge is 2.47.